The number of amides is 2. The number of carbonyl (C=O) groups excluding carboxylic acids is 2. The second kappa shape index (κ2) is 8.21. The molecule has 1 unspecified atom stereocenters. The van der Waals surface area contributed by atoms with Gasteiger partial charge < -0.3 is 15.8 Å². The number of hydrogen-bond acceptors (Lipinski definition) is 6. The summed E-state index contributed by atoms with van der Waals surface area (Å²) in [7, 11) is -2.24. The van der Waals surface area contributed by atoms with Crippen molar-refractivity contribution in [3.05, 3.63) is 35.7 Å². The lowest BCUT2D eigenvalue weighted by atomic mass is 9.98. The number of nitrogens with two attached hydrogens (primary N) is 1. The van der Waals surface area contributed by atoms with Crippen molar-refractivity contribution in [3.8, 4) is 5.75 Å². The molecule has 0 spiro atoms. The lowest BCUT2D eigenvalue weighted by Crippen LogP contribution is -2.43. The summed E-state index contributed by atoms with van der Waals surface area (Å²) in [5.74, 6) is -1.16. The number of carbonyl (C=O) groups is 2. The van der Waals surface area contributed by atoms with E-state index in [-0.39, 0.29) is 28.7 Å². The molecule has 4 N–H and O–H groups in total. The smallest absolute Gasteiger partial charge is 0.271 e. The van der Waals surface area contributed by atoms with Crippen LogP contribution in [-0.4, -0.2) is 54.9 Å². The maximum atomic E-state index is 12.9. The van der Waals surface area contributed by atoms with Crippen LogP contribution in [0.3, 0.4) is 0 Å². The quantitative estimate of drug-likeness (QED) is 0.630. The maximum Gasteiger partial charge on any atom is 0.271 e. The Balaban J connectivity index is 1.75. The van der Waals surface area contributed by atoms with Gasteiger partial charge in [0.2, 0.25) is 15.9 Å². The highest BCUT2D eigenvalue weighted by molar-refractivity contribution is 7.89. The van der Waals surface area contributed by atoms with Crippen LogP contribution < -0.4 is 15.8 Å². The summed E-state index contributed by atoms with van der Waals surface area (Å²) >= 11 is 0. The molecule has 156 valence electrons. The summed E-state index contributed by atoms with van der Waals surface area (Å²) in [5.41, 5.74) is 5.93. The molecule has 1 fully saturated rings. The number of primary amides is 1. The zero-order chi connectivity index (χ0) is 21.2. The minimum absolute atomic E-state index is 0.0446. The number of benzene rings is 1. The molecule has 1 aromatic heterocycles. The van der Waals surface area contributed by atoms with Gasteiger partial charge in [-0.1, -0.05) is 0 Å². The third-order valence-corrected chi connectivity index (χ3v) is 6.76. The van der Waals surface area contributed by atoms with Crippen molar-refractivity contribution in [2.45, 2.75) is 24.7 Å². The molecule has 10 nitrogen and oxygen atoms in total. The van der Waals surface area contributed by atoms with Crippen LogP contribution >= 0.6 is 0 Å². The molecular formula is C18H23N5O5S. The molecule has 1 aliphatic heterocycles. The number of anilines is 1. The third-order valence-electron chi connectivity index (χ3n) is 4.88. The van der Waals surface area contributed by atoms with Gasteiger partial charge in [0.25, 0.3) is 5.91 Å². The number of hydrogen-bond donors (Lipinski definition) is 3. The van der Waals surface area contributed by atoms with Crippen molar-refractivity contribution in [1.82, 2.24) is 14.5 Å². The molecular weight excluding hydrogens is 398 g/mol. The van der Waals surface area contributed by atoms with Gasteiger partial charge in [-0.3, -0.25) is 14.7 Å². The molecule has 1 aromatic carbocycles. The minimum atomic E-state index is -3.74. The van der Waals surface area contributed by atoms with Crippen LogP contribution in [0.15, 0.2) is 29.2 Å². The van der Waals surface area contributed by atoms with Gasteiger partial charge in [-0.2, -0.15) is 9.40 Å². The summed E-state index contributed by atoms with van der Waals surface area (Å²) in [4.78, 5) is 24.4. The predicted octanol–water partition coefficient (Wildman–Crippen LogP) is 0.865. The molecule has 1 aliphatic rings. The topological polar surface area (TPSA) is 147 Å². The maximum absolute atomic E-state index is 12.9. The Morgan fingerprint density at radius 1 is 1.31 bits per heavy atom. The van der Waals surface area contributed by atoms with E-state index in [1.165, 1.54) is 23.5 Å². The molecule has 0 bridgehead atoms. The first-order valence-electron chi connectivity index (χ1n) is 9.04. The van der Waals surface area contributed by atoms with Crippen LogP contribution in [0.2, 0.25) is 0 Å². The number of aromatic amines is 1. The Hall–Kier alpha value is -2.92. The molecule has 1 atom stereocenters. The van der Waals surface area contributed by atoms with E-state index < -0.39 is 21.8 Å². The van der Waals surface area contributed by atoms with E-state index in [1.807, 2.05) is 0 Å². The fourth-order valence-corrected chi connectivity index (χ4v) is 4.78. The highest BCUT2D eigenvalue weighted by Crippen LogP contribution is 2.26. The molecule has 0 saturated carbocycles. The third kappa shape index (κ3) is 4.25. The first kappa shape index (κ1) is 20.8. The zero-order valence-electron chi connectivity index (χ0n) is 16.1. The van der Waals surface area contributed by atoms with Crippen molar-refractivity contribution in [1.29, 1.82) is 0 Å². The number of aromatic nitrogens is 2. The van der Waals surface area contributed by atoms with Crippen LogP contribution in [0.1, 0.15) is 29.0 Å². The molecule has 0 radical (unpaired) electrons. The number of ether oxygens (including phenoxy) is 1. The largest absolute Gasteiger partial charge is 0.497 e. The average molecular weight is 421 g/mol. The van der Waals surface area contributed by atoms with Crippen molar-refractivity contribution in [3.63, 3.8) is 0 Å². The predicted molar refractivity (Wildman–Crippen MR) is 105 cm³/mol. The Kier molecular flexibility index (Phi) is 5.89. The lowest BCUT2D eigenvalue weighted by Gasteiger charge is -2.31. The number of rotatable bonds is 6. The molecule has 2 heterocycles. The summed E-state index contributed by atoms with van der Waals surface area (Å²) < 4.78 is 32.3. The van der Waals surface area contributed by atoms with E-state index >= 15 is 0 Å². The summed E-state index contributed by atoms with van der Waals surface area (Å²) in [6.07, 6.45) is 1.07. The Morgan fingerprint density at radius 2 is 2.00 bits per heavy atom. The van der Waals surface area contributed by atoms with Crippen molar-refractivity contribution < 1.29 is 22.7 Å². The Morgan fingerprint density at radius 3 is 2.62 bits per heavy atom. The molecule has 29 heavy (non-hydrogen) atoms. The minimum Gasteiger partial charge on any atom is -0.497 e. The molecule has 3 rings (SSSR count). The standard InChI is InChI=1S/C18H23N5O5S/c1-11-15(16(17(19)24)22-21-11)20-18(25)12-4-3-9-23(10-12)29(26,27)14-7-5-13(28-2)6-8-14/h5-8,12H,3-4,9-10H2,1-2H3,(H2,19,24)(H,20,25)(H,21,22). The van der Waals surface area contributed by atoms with Crippen LogP contribution in [0.25, 0.3) is 0 Å². The van der Waals surface area contributed by atoms with Gasteiger partial charge in [-0.15, -0.1) is 0 Å². The molecule has 2 amide bonds. The first-order chi connectivity index (χ1) is 13.7. The second-order valence-electron chi connectivity index (χ2n) is 6.80. The number of aryl methyl sites for hydroxylation is 1. The fourth-order valence-electron chi connectivity index (χ4n) is 3.26. The van der Waals surface area contributed by atoms with Gasteiger partial charge in [-0.25, -0.2) is 8.42 Å². The van der Waals surface area contributed by atoms with Gasteiger partial charge in [0.15, 0.2) is 5.69 Å². The van der Waals surface area contributed by atoms with E-state index in [0.717, 1.165) is 0 Å². The van der Waals surface area contributed by atoms with Gasteiger partial charge in [0.1, 0.15) is 5.75 Å². The number of nitrogens with one attached hydrogen (secondary N) is 2. The highest BCUT2D eigenvalue weighted by atomic mass is 32.2. The van der Waals surface area contributed by atoms with Crippen LogP contribution in [0.5, 0.6) is 5.75 Å². The molecule has 0 aliphatic carbocycles. The van der Waals surface area contributed by atoms with E-state index in [0.29, 0.717) is 30.8 Å². The number of piperidine rings is 1. The van der Waals surface area contributed by atoms with Crippen molar-refractivity contribution >= 4 is 27.5 Å². The normalized spacial score (nSPS) is 17.7. The zero-order valence-corrected chi connectivity index (χ0v) is 17.0. The van der Waals surface area contributed by atoms with Crippen LogP contribution in [0.4, 0.5) is 5.69 Å². The van der Waals surface area contributed by atoms with E-state index in [4.69, 9.17) is 10.5 Å². The average Bonchev–Trinajstić information content (AvgIpc) is 3.08. The highest BCUT2D eigenvalue weighted by Gasteiger charge is 2.34. The van der Waals surface area contributed by atoms with Crippen LogP contribution in [0, 0.1) is 12.8 Å². The SMILES string of the molecule is COc1ccc(S(=O)(=O)N2CCCC(C(=O)Nc3c(C(N)=O)n[nH]c3C)C2)cc1. The van der Waals surface area contributed by atoms with Crippen LogP contribution in [-0.2, 0) is 14.8 Å². The second-order valence-corrected chi connectivity index (χ2v) is 8.74. The molecule has 2 aromatic rings. The Labute approximate surface area is 168 Å². The first-order valence-corrected chi connectivity index (χ1v) is 10.5. The van der Waals surface area contributed by atoms with E-state index in [1.54, 1.807) is 19.1 Å². The monoisotopic (exact) mass is 421 g/mol. The van der Waals surface area contributed by atoms with Crippen molar-refractivity contribution in [2.75, 3.05) is 25.5 Å². The number of H-pyrrole nitrogens is 1. The number of nitrogens with zero attached hydrogens (tertiary/aromatic N) is 2. The lowest BCUT2D eigenvalue weighted by molar-refractivity contribution is -0.120. The van der Waals surface area contributed by atoms with Gasteiger partial charge in [-0.05, 0) is 44.0 Å². The summed E-state index contributed by atoms with van der Waals surface area (Å²) in [5, 5.41) is 9.06. The number of methoxy groups -OCH3 is 1. The Bertz CT molecular complexity index is 1020. The van der Waals surface area contributed by atoms with Gasteiger partial charge in [0.05, 0.1) is 29.3 Å². The summed E-state index contributed by atoms with van der Waals surface area (Å²) in [6.45, 7) is 2.02. The van der Waals surface area contributed by atoms with Gasteiger partial charge >= 0.3 is 0 Å². The molecule has 11 heteroatoms. The van der Waals surface area contributed by atoms with Crippen molar-refractivity contribution in [2.24, 2.45) is 11.7 Å². The van der Waals surface area contributed by atoms with E-state index in [2.05, 4.69) is 15.5 Å². The van der Waals surface area contributed by atoms with E-state index in [9.17, 15) is 18.0 Å². The molecule has 1 saturated heterocycles. The van der Waals surface area contributed by atoms with Gasteiger partial charge in [0, 0.05) is 13.1 Å². The summed E-state index contributed by atoms with van der Waals surface area (Å²) in [6, 6.07) is 6.11. The fraction of sp³-hybridized carbons (Fsp3) is 0.389. The number of sulfonamides is 1.